The fourth-order valence-electron chi connectivity index (χ4n) is 1.34. The number of benzene rings is 1. The molecule has 0 bridgehead atoms. The molecular weight excluding hydrogens is 355 g/mol. The fraction of sp³-hybridized carbons (Fsp3) is 0.273. The van der Waals surface area contributed by atoms with Crippen molar-refractivity contribution in [3.8, 4) is 0 Å². The maximum absolute atomic E-state index is 12.6. The molecule has 2 N–H and O–H groups in total. The van der Waals surface area contributed by atoms with Crippen molar-refractivity contribution >= 4 is 47.1 Å². The van der Waals surface area contributed by atoms with Crippen molar-refractivity contribution in [1.82, 2.24) is 10.6 Å². The zero-order valence-electron chi connectivity index (χ0n) is 10.0. The topological polar surface area (TPSA) is 58.2 Å². The fourth-order valence-corrected chi connectivity index (χ4v) is 1.69. The van der Waals surface area contributed by atoms with Gasteiger partial charge in [0.25, 0.3) is 5.91 Å². The highest BCUT2D eigenvalue weighted by Crippen LogP contribution is 2.30. The van der Waals surface area contributed by atoms with Crippen LogP contribution in [-0.2, 0) is 11.0 Å². The third-order valence-corrected chi connectivity index (χ3v) is 2.94. The van der Waals surface area contributed by atoms with Crippen LogP contribution in [0, 0.1) is 0 Å². The first-order valence-corrected chi connectivity index (χ1v) is 6.43. The van der Waals surface area contributed by atoms with Gasteiger partial charge in [-0.2, -0.15) is 13.2 Å². The van der Waals surface area contributed by atoms with Gasteiger partial charge in [-0.05, 0) is 18.2 Å². The van der Waals surface area contributed by atoms with Gasteiger partial charge >= 0.3 is 6.18 Å². The summed E-state index contributed by atoms with van der Waals surface area (Å²) in [5, 5.41) is 4.15. The number of hydrogen-bond acceptors (Lipinski definition) is 2. The van der Waals surface area contributed by atoms with Crippen molar-refractivity contribution in [2.75, 3.05) is 0 Å². The standard InChI is InChI=1S/C11H8Cl3F3N2O2/c12-10(13,14)9(18-5-20)19-8(21)6-2-1-3-7(4-6)11(15,16)17/h1-5,9H,(H,18,20)(H,19,21). The van der Waals surface area contributed by atoms with Crippen molar-refractivity contribution < 1.29 is 22.8 Å². The quantitative estimate of drug-likeness (QED) is 0.491. The first-order valence-electron chi connectivity index (χ1n) is 5.30. The first kappa shape index (κ1) is 17.9. The van der Waals surface area contributed by atoms with Crippen LogP contribution in [0.1, 0.15) is 15.9 Å². The Morgan fingerprint density at radius 2 is 1.86 bits per heavy atom. The maximum Gasteiger partial charge on any atom is 0.416 e. The molecule has 116 valence electrons. The summed E-state index contributed by atoms with van der Waals surface area (Å²) in [5.74, 6) is -0.938. The SMILES string of the molecule is O=CNC(NC(=O)c1cccc(C(F)(F)F)c1)C(Cl)(Cl)Cl. The number of carbonyl (C=O) groups excluding carboxylic acids is 2. The summed E-state index contributed by atoms with van der Waals surface area (Å²) >= 11 is 16.6. The van der Waals surface area contributed by atoms with Gasteiger partial charge in [0, 0.05) is 5.56 Å². The lowest BCUT2D eigenvalue weighted by Crippen LogP contribution is -2.52. The molecule has 1 aromatic carbocycles. The van der Waals surface area contributed by atoms with Crippen LogP contribution >= 0.6 is 34.8 Å². The van der Waals surface area contributed by atoms with E-state index >= 15 is 0 Å². The third-order valence-electron chi connectivity index (χ3n) is 2.29. The predicted molar refractivity (Wildman–Crippen MR) is 72.2 cm³/mol. The molecule has 10 heteroatoms. The largest absolute Gasteiger partial charge is 0.416 e. The number of carbonyl (C=O) groups is 2. The minimum Gasteiger partial charge on any atom is -0.335 e. The van der Waals surface area contributed by atoms with Gasteiger partial charge in [-0.15, -0.1) is 0 Å². The molecule has 0 saturated carbocycles. The van der Waals surface area contributed by atoms with E-state index < -0.39 is 27.6 Å². The molecule has 0 aromatic heterocycles. The number of halogens is 6. The minimum absolute atomic E-state index is 0.180. The molecule has 21 heavy (non-hydrogen) atoms. The smallest absolute Gasteiger partial charge is 0.335 e. The van der Waals surface area contributed by atoms with Crippen LogP contribution in [0.25, 0.3) is 0 Å². The summed E-state index contributed by atoms with van der Waals surface area (Å²) in [4.78, 5) is 22.2. The highest BCUT2D eigenvalue weighted by Gasteiger charge is 2.35. The molecule has 2 amide bonds. The van der Waals surface area contributed by atoms with Crippen LogP contribution in [0.4, 0.5) is 13.2 Å². The summed E-state index contributed by atoms with van der Waals surface area (Å²) in [5.41, 5.74) is -1.29. The van der Waals surface area contributed by atoms with Crippen LogP contribution in [0.15, 0.2) is 24.3 Å². The Balaban J connectivity index is 2.96. The van der Waals surface area contributed by atoms with Crippen LogP contribution in [0.5, 0.6) is 0 Å². The molecule has 1 unspecified atom stereocenters. The van der Waals surface area contributed by atoms with Gasteiger partial charge in [0.15, 0.2) is 0 Å². The Kier molecular flexibility index (Phi) is 5.72. The Labute approximate surface area is 132 Å². The predicted octanol–water partition coefficient (Wildman–Crippen LogP) is 2.88. The Bertz CT molecular complexity index is 532. The average Bonchev–Trinajstić information content (AvgIpc) is 2.36. The molecule has 1 atom stereocenters. The lowest BCUT2D eigenvalue weighted by molar-refractivity contribution is -0.137. The van der Waals surface area contributed by atoms with Crippen molar-refractivity contribution in [1.29, 1.82) is 0 Å². The second-order valence-electron chi connectivity index (χ2n) is 3.81. The minimum atomic E-state index is -4.59. The highest BCUT2D eigenvalue weighted by atomic mass is 35.6. The van der Waals surface area contributed by atoms with E-state index in [0.29, 0.717) is 6.07 Å². The summed E-state index contributed by atoms with van der Waals surface area (Å²) in [6.07, 6.45) is -5.81. The van der Waals surface area contributed by atoms with E-state index in [1.807, 2.05) is 5.32 Å². The molecule has 4 nitrogen and oxygen atoms in total. The van der Waals surface area contributed by atoms with Crippen LogP contribution in [0.3, 0.4) is 0 Å². The van der Waals surface area contributed by atoms with Gasteiger partial charge in [-0.3, -0.25) is 9.59 Å². The van der Waals surface area contributed by atoms with E-state index in [1.165, 1.54) is 0 Å². The zero-order valence-corrected chi connectivity index (χ0v) is 12.3. The number of amides is 2. The zero-order chi connectivity index (χ0) is 16.3. The molecule has 0 aliphatic carbocycles. The van der Waals surface area contributed by atoms with Crippen LogP contribution < -0.4 is 10.6 Å². The van der Waals surface area contributed by atoms with Gasteiger partial charge in [0.2, 0.25) is 10.2 Å². The Hall–Kier alpha value is -1.18. The monoisotopic (exact) mass is 362 g/mol. The van der Waals surface area contributed by atoms with Gasteiger partial charge in [-0.25, -0.2) is 0 Å². The van der Waals surface area contributed by atoms with Crippen molar-refractivity contribution in [3.05, 3.63) is 35.4 Å². The number of nitrogens with one attached hydrogen (secondary N) is 2. The molecule has 0 heterocycles. The molecule has 1 aromatic rings. The first-order chi connectivity index (χ1) is 9.55. The van der Waals surface area contributed by atoms with E-state index in [1.54, 1.807) is 0 Å². The van der Waals surface area contributed by atoms with Gasteiger partial charge in [0.05, 0.1) is 5.56 Å². The maximum atomic E-state index is 12.6. The molecule has 0 aliphatic heterocycles. The average molecular weight is 364 g/mol. The third kappa shape index (κ3) is 5.26. The number of alkyl halides is 6. The van der Waals surface area contributed by atoms with E-state index in [-0.39, 0.29) is 12.0 Å². The molecule has 0 aliphatic rings. The lowest BCUT2D eigenvalue weighted by Gasteiger charge is -2.24. The Morgan fingerprint density at radius 3 is 2.33 bits per heavy atom. The number of rotatable bonds is 4. The van der Waals surface area contributed by atoms with Gasteiger partial charge < -0.3 is 10.6 Å². The summed E-state index contributed by atoms with van der Waals surface area (Å²) in [6.45, 7) is 0. The van der Waals surface area contributed by atoms with Crippen molar-refractivity contribution in [2.24, 2.45) is 0 Å². The summed E-state index contributed by atoms with van der Waals surface area (Å²) in [7, 11) is 0. The summed E-state index contributed by atoms with van der Waals surface area (Å²) in [6, 6.07) is 3.68. The molecule has 1 rings (SSSR count). The van der Waals surface area contributed by atoms with E-state index in [4.69, 9.17) is 34.8 Å². The molecule has 0 radical (unpaired) electrons. The van der Waals surface area contributed by atoms with Crippen molar-refractivity contribution in [2.45, 2.75) is 16.1 Å². The van der Waals surface area contributed by atoms with E-state index in [0.717, 1.165) is 18.2 Å². The molecule has 0 fully saturated rings. The molecular formula is C11H8Cl3F3N2O2. The van der Waals surface area contributed by atoms with Gasteiger partial charge in [-0.1, -0.05) is 40.9 Å². The van der Waals surface area contributed by atoms with E-state index in [2.05, 4.69) is 5.32 Å². The molecule has 0 saturated heterocycles. The van der Waals surface area contributed by atoms with Gasteiger partial charge in [0.1, 0.15) is 6.17 Å². The lowest BCUT2D eigenvalue weighted by atomic mass is 10.1. The van der Waals surface area contributed by atoms with Crippen LogP contribution in [-0.4, -0.2) is 22.3 Å². The van der Waals surface area contributed by atoms with Crippen LogP contribution in [0.2, 0.25) is 0 Å². The highest BCUT2D eigenvalue weighted by molar-refractivity contribution is 6.68. The summed E-state index contributed by atoms with van der Waals surface area (Å²) < 4.78 is 35.6. The molecule has 0 spiro atoms. The van der Waals surface area contributed by atoms with E-state index in [9.17, 15) is 22.8 Å². The van der Waals surface area contributed by atoms with Crippen molar-refractivity contribution in [3.63, 3.8) is 0 Å². The second kappa shape index (κ2) is 6.72. The Morgan fingerprint density at radius 1 is 1.24 bits per heavy atom. The second-order valence-corrected chi connectivity index (χ2v) is 6.18. The normalized spacial score (nSPS) is 13.4. The number of hydrogen-bond donors (Lipinski definition) is 2.